The maximum atomic E-state index is 13.0. The van der Waals surface area contributed by atoms with Crippen LogP contribution < -0.4 is 15.2 Å². The number of anilines is 2. The molecule has 0 radical (unpaired) electrons. The van der Waals surface area contributed by atoms with Crippen LogP contribution in [0.4, 0.5) is 11.4 Å². The molecule has 0 spiro atoms. The molecule has 10 heteroatoms. The Balaban J connectivity index is 1.58. The minimum atomic E-state index is -3.79. The Morgan fingerprint density at radius 3 is 2.35 bits per heavy atom. The molecular weight excluding hydrogens is 496 g/mol. The van der Waals surface area contributed by atoms with E-state index in [0.29, 0.717) is 15.3 Å². The van der Waals surface area contributed by atoms with Crippen LogP contribution in [0.3, 0.4) is 0 Å². The predicted molar refractivity (Wildman–Crippen MR) is 136 cm³/mol. The number of nitrogens with one attached hydrogen (secondary N) is 1. The topological polar surface area (TPSA) is 96.7 Å². The summed E-state index contributed by atoms with van der Waals surface area (Å²) in [5.41, 5.74) is 1.02. The average molecular weight is 517 g/mol. The van der Waals surface area contributed by atoms with Crippen LogP contribution in [0.5, 0.6) is 0 Å². The molecule has 4 rings (SSSR count). The highest BCUT2D eigenvalue weighted by atomic mass is 35.5. The smallest absolute Gasteiger partial charge is 0.347 e. The molecular formula is C24H21ClN2O5S2. The first-order valence-corrected chi connectivity index (χ1v) is 13.2. The summed E-state index contributed by atoms with van der Waals surface area (Å²) in [6.45, 7) is 5.71. The molecule has 0 aliphatic rings. The van der Waals surface area contributed by atoms with Gasteiger partial charge in [0.25, 0.3) is 10.0 Å². The second-order valence-electron chi connectivity index (χ2n) is 7.41. The molecule has 0 aliphatic carbocycles. The van der Waals surface area contributed by atoms with Crippen LogP contribution >= 0.6 is 22.9 Å². The fourth-order valence-electron chi connectivity index (χ4n) is 3.54. The van der Waals surface area contributed by atoms with Crippen molar-refractivity contribution in [3.8, 4) is 0 Å². The van der Waals surface area contributed by atoms with Gasteiger partial charge >= 0.3 is 5.63 Å². The van der Waals surface area contributed by atoms with Crippen molar-refractivity contribution in [1.82, 2.24) is 0 Å². The van der Waals surface area contributed by atoms with Crippen LogP contribution in [0.25, 0.3) is 11.0 Å². The Bertz CT molecular complexity index is 1520. The van der Waals surface area contributed by atoms with E-state index >= 15 is 0 Å². The maximum absolute atomic E-state index is 13.0. The number of halogens is 1. The Labute approximate surface area is 205 Å². The fourth-order valence-corrected chi connectivity index (χ4v) is 6.08. The van der Waals surface area contributed by atoms with Crippen molar-refractivity contribution in [3.63, 3.8) is 0 Å². The maximum Gasteiger partial charge on any atom is 0.347 e. The highest BCUT2D eigenvalue weighted by Gasteiger charge is 2.19. The van der Waals surface area contributed by atoms with Gasteiger partial charge in [0.1, 0.15) is 15.4 Å². The zero-order valence-electron chi connectivity index (χ0n) is 18.4. The van der Waals surface area contributed by atoms with Crippen molar-refractivity contribution in [2.75, 3.05) is 22.7 Å². The van der Waals surface area contributed by atoms with Crippen molar-refractivity contribution in [2.45, 2.75) is 18.1 Å². The van der Waals surface area contributed by atoms with Gasteiger partial charge in [0.2, 0.25) is 0 Å². The van der Waals surface area contributed by atoms with E-state index in [9.17, 15) is 18.0 Å². The first kappa shape index (κ1) is 24.0. The third-order valence-corrected chi connectivity index (χ3v) is 8.41. The Hall–Kier alpha value is -3.14. The lowest BCUT2D eigenvalue weighted by Gasteiger charge is -2.20. The molecule has 0 atom stereocenters. The molecule has 2 aromatic heterocycles. The lowest BCUT2D eigenvalue weighted by atomic mass is 10.0. The number of rotatable bonds is 8. The van der Waals surface area contributed by atoms with E-state index in [2.05, 4.69) is 9.62 Å². The first-order chi connectivity index (χ1) is 16.2. The summed E-state index contributed by atoms with van der Waals surface area (Å²) in [7, 11) is -3.79. The van der Waals surface area contributed by atoms with Crippen LogP contribution in [-0.4, -0.2) is 27.3 Å². The van der Waals surface area contributed by atoms with Gasteiger partial charge < -0.3 is 9.32 Å². The molecule has 7 nitrogen and oxygen atoms in total. The molecule has 4 aromatic rings. The van der Waals surface area contributed by atoms with Gasteiger partial charge in [0.05, 0.1) is 4.34 Å². The monoisotopic (exact) mass is 516 g/mol. The highest BCUT2D eigenvalue weighted by Crippen LogP contribution is 2.27. The average Bonchev–Trinajstić information content (AvgIpc) is 3.26. The summed E-state index contributed by atoms with van der Waals surface area (Å²) >= 11 is 6.76. The molecule has 176 valence electrons. The van der Waals surface area contributed by atoms with Crippen LogP contribution in [-0.2, 0) is 10.0 Å². The third-order valence-electron chi connectivity index (χ3n) is 5.31. The summed E-state index contributed by atoms with van der Waals surface area (Å²) in [6.07, 6.45) is 0. The first-order valence-electron chi connectivity index (χ1n) is 10.5. The minimum Gasteiger partial charge on any atom is -0.422 e. The second kappa shape index (κ2) is 9.61. The summed E-state index contributed by atoms with van der Waals surface area (Å²) in [5.74, 6) is -0.511. The van der Waals surface area contributed by atoms with Gasteiger partial charge in [0.15, 0.2) is 5.78 Å². The van der Waals surface area contributed by atoms with Gasteiger partial charge in [-0.1, -0.05) is 11.6 Å². The molecule has 2 heterocycles. The van der Waals surface area contributed by atoms with Crippen molar-refractivity contribution in [1.29, 1.82) is 0 Å². The molecule has 0 bridgehead atoms. The largest absolute Gasteiger partial charge is 0.422 e. The van der Waals surface area contributed by atoms with E-state index in [-0.39, 0.29) is 21.0 Å². The molecule has 0 unspecified atom stereocenters. The molecule has 0 fully saturated rings. The van der Waals surface area contributed by atoms with E-state index < -0.39 is 21.4 Å². The zero-order valence-corrected chi connectivity index (χ0v) is 20.8. The normalized spacial score (nSPS) is 11.5. The number of carbonyl (C=O) groups is 1. The number of hydrogen-bond donors (Lipinski definition) is 1. The lowest BCUT2D eigenvalue weighted by Crippen LogP contribution is -2.21. The number of thiophene rings is 1. The number of sulfonamides is 1. The Morgan fingerprint density at radius 1 is 1.03 bits per heavy atom. The fraction of sp³-hybridized carbons (Fsp3) is 0.167. The van der Waals surface area contributed by atoms with E-state index in [0.717, 1.165) is 30.1 Å². The number of benzene rings is 2. The lowest BCUT2D eigenvalue weighted by molar-refractivity contribution is 0.103. The zero-order chi connectivity index (χ0) is 24.5. The van der Waals surface area contributed by atoms with E-state index in [1.165, 1.54) is 42.5 Å². The molecule has 2 aromatic carbocycles. The Morgan fingerprint density at radius 2 is 1.74 bits per heavy atom. The predicted octanol–water partition coefficient (Wildman–Crippen LogP) is 5.39. The minimum absolute atomic E-state index is 0.0792. The van der Waals surface area contributed by atoms with Gasteiger partial charge in [0, 0.05) is 41.5 Å². The molecule has 0 aliphatic heterocycles. The van der Waals surface area contributed by atoms with Crippen molar-refractivity contribution in [2.24, 2.45) is 0 Å². The van der Waals surface area contributed by atoms with E-state index in [4.69, 9.17) is 16.0 Å². The van der Waals surface area contributed by atoms with E-state index in [1.807, 2.05) is 26.0 Å². The number of fused-ring (bicyclic) bond motifs is 1. The molecule has 1 N–H and O–H groups in total. The van der Waals surface area contributed by atoms with Crippen molar-refractivity contribution < 1.29 is 17.6 Å². The summed E-state index contributed by atoms with van der Waals surface area (Å²) in [5, 5.41) is 0.637. The summed E-state index contributed by atoms with van der Waals surface area (Å²) in [6, 6.07) is 15.8. The number of ketones is 1. The quantitative estimate of drug-likeness (QED) is 0.249. The second-order valence-corrected chi connectivity index (χ2v) is 11.0. The van der Waals surface area contributed by atoms with Gasteiger partial charge in [-0.3, -0.25) is 9.52 Å². The molecule has 0 saturated heterocycles. The molecule has 34 heavy (non-hydrogen) atoms. The number of nitrogens with zero attached hydrogens (tertiary/aromatic N) is 1. The standard InChI is InChI=1S/C24H21ClN2O5S2/c1-3-27(4-2)18-10-7-16-13-19(24(29)32-20(16)14-18)23(28)15-5-8-17(9-6-15)26-34(30,31)22-12-11-21(25)33-22/h5-14,26H,3-4H2,1-2H3. The number of hydrogen-bond acceptors (Lipinski definition) is 7. The van der Waals surface area contributed by atoms with Crippen LogP contribution in [0.1, 0.15) is 29.8 Å². The van der Waals surface area contributed by atoms with Gasteiger partial charge in [-0.25, -0.2) is 13.2 Å². The third kappa shape index (κ3) is 4.86. The Kier molecular flexibility index (Phi) is 6.79. The summed E-state index contributed by atoms with van der Waals surface area (Å²) < 4.78 is 33.2. The van der Waals surface area contributed by atoms with Crippen LogP contribution in [0.2, 0.25) is 4.34 Å². The molecule has 0 amide bonds. The number of carbonyl (C=O) groups excluding carboxylic acids is 1. The van der Waals surface area contributed by atoms with Crippen LogP contribution in [0.15, 0.2) is 74.1 Å². The van der Waals surface area contributed by atoms with E-state index in [1.54, 1.807) is 6.07 Å². The van der Waals surface area contributed by atoms with Crippen molar-refractivity contribution >= 4 is 61.1 Å². The SMILES string of the molecule is CCN(CC)c1ccc2cc(C(=O)c3ccc(NS(=O)(=O)c4ccc(Cl)s4)cc3)c(=O)oc2c1. The van der Waals surface area contributed by atoms with Crippen molar-refractivity contribution in [3.05, 3.63) is 86.5 Å². The van der Waals surface area contributed by atoms with Crippen LogP contribution in [0, 0.1) is 0 Å². The molecule has 0 saturated carbocycles. The van der Waals surface area contributed by atoms with Gasteiger partial charge in [-0.05, 0) is 68.4 Å². The van der Waals surface area contributed by atoms with Gasteiger partial charge in [-0.15, -0.1) is 11.3 Å². The highest BCUT2D eigenvalue weighted by molar-refractivity contribution is 7.94. The summed E-state index contributed by atoms with van der Waals surface area (Å²) in [4.78, 5) is 27.7. The van der Waals surface area contributed by atoms with Gasteiger partial charge in [-0.2, -0.15) is 0 Å².